The number of nitro benzene ring substituents is 1. The largest absolute Gasteiger partial charge is 0.293 e. The Balaban J connectivity index is 2.16. The zero-order chi connectivity index (χ0) is 19.1. The first-order valence-electron chi connectivity index (χ1n) is 6.90. The van der Waals surface area contributed by atoms with Gasteiger partial charge < -0.3 is 0 Å². The maximum Gasteiger partial charge on any atom is 0.293 e. The smallest absolute Gasteiger partial charge is 0.277 e. The molecule has 0 aliphatic heterocycles. The molecule has 3 aromatic rings. The van der Waals surface area contributed by atoms with Gasteiger partial charge in [0.15, 0.2) is 16.5 Å². The summed E-state index contributed by atoms with van der Waals surface area (Å²) in [5, 5.41) is 11.8. The summed E-state index contributed by atoms with van der Waals surface area (Å²) in [6.07, 6.45) is 1.40. The van der Waals surface area contributed by atoms with Crippen molar-refractivity contribution in [1.82, 2.24) is 4.98 Å². The molecule has 1 aromatic heterocycles. The summed E-state index contributed by atoms with van der Waals surface area (Å²) < 4.78 is 54.0. The van der Waals surface area contributed by atoms with E-state index in [9.17, 15) is 27.3 Å². The van der Waals surface area contributed by atoms with E-state index in [0.717, 1.165) is 0 Å². The second-order valence-electron chi connectivity index (χ2n) is 5.09. The zero-order valence-corrected chi connectivity index (χ0v) is 14.2. The van der Waals surface area contributed by atoms with Crippen LogP contribution in [0.25, 0.3) is 10.9 Å². The predicted octanol–water partition coefficient (Wildman–Crippen LogP) is 3.88. The van der Waals surface area contributed by atoms with Gasteiger partial charge in [-0.05, 0) is 24.3 Å². The van der Waals surface area contributed by atoms with E-state index in [4.69, 9.17) is 11.6 Å². The number of sulfonamides is 1. The second kappa shape index (κ2) is 6.46. The van der Waals surface area contributed by atoms with Gasteiger partial charge in [0.1, 0.15) is 0 Å². The van der Waals surface area contributed by atoms with Crippen molar-refractivity contribution < 1.29 is 22.1 Å². The first kappa shape index (κ1) is 18.0. The Labute approximate surface area is 150 Å². The highest BCUT2D eigenvalue weighted by atomic mass is 35.5. The van der Waals surface area contributed by atoms with Crippen molar-refractivity contribution in [3.8, 4) is 0 Å². The highest BCUT2D eigenvalue weighted by molar-refractivity contribution is 7.92. The first-order valence-corrected chi connectivity index (χ1v) is 8.76. The van der Waals surface area contributed by atoms with Gasteiger partial charge >= 0.3 is 0 Å². The highest BCUT2D eigenvalue weighted by Crippen LogP contribution is 2.32. The van der Waals surface area contributed by atoms with Crippen LogP contribution in [0, 0.1) is 21.7 Å². The Morgan fingerprint density at radius 3 is 2.54 bits per heavy atom. The molecule has 0 saturated carbocycles. The second-order valence-corrected chi connectivity index (χ2v) is 7.15. The lowest BCUT2D eigenvalue weighted by molar-refractivity contribution is -0.388. The van der Waals surface area contributed by atoms with Gasteiger partial charge in [-0.3, -0.25) is 19.8 Å². The number of aromatic nitrogens is 1. The molecule has 3 rings (SSSR count). The van der Waals surface area contributed by atoms with E-state index < -0.39 is 37.2 Å². The van der Waals surface area contributed by atoms with Crippen molar-refractivity contribution >= 4 is 43.9 Å². The van der Waals surface area contributed by atoms with E-state index in [2.05, 4.69) is 9.71 Å². The molecular weight excluding hydrogens is 392 g/mol. The third kappa shape index (κ3) is 3.16. The standard InChI is InChI=1S/C15H8ClF2N3O4S/c16-9-3-4-12(15-8(9)2-1-5-19-15)20-26(24,25)14-7-11(18)10(17)6-13(14)21(22)23/h1-7,20H. The summed E-state index contributed by atoms with van der Waals surface area (Å²) in [6, 6.07) is 6.36. The van der Waals surface area contributed by atoms with Crippen molar-refractivity contribution in [2.45, 2.75) is 4.90 Å². The van der Waals surface area contributed by atoms with Crippen LogP contribution in [0.4, 0.5) is 20.2 Å². The van der Waals surface area contributed by atoms with Gasteiger partial charge in [-0.15, -0.1) is 0 Å². The van der Waals surface area contributed by atoms with Crippen LogP contribution in [0.2, 0.25) is 5.02 Å². The molecule has 0 spiro atoms. The molecule has 0 bridgehead atoms. The number of hydrogen-bond acceptors (Lipinski definition) is 5. The number of nitrogens with one attached hydrogen (secondary N) is 1. The fourth-order valence-corrected chi connectivity index (χ4v) is 3.74. The SMILES string of the molecule is O=[N+]([O-])c1cc(F)c(F)cc1S(=O)(=O)Nc1ccc(Cl)c2cccnc12. The van der Waals surface area contributed by atoms with Crippen LogP contribution in [0.5, 0.6) is 0 Å². The molecular formula is C15H8ClF2N3O4S. The number of anilines is 1. The van der Waals surface area contributed by atoms with Gasteiger partial charge in [-0.1, -0.05) is 11.6 Å². The fraction of sp³-hybridized carbons (Fsp3) is 0. The number of hydrogen-bond donors (Lipinski definition) is 1. The topological polar surface area (TPSA) is 102 Å². The number of rotatable bonds is 4. The van der Waals surface area contributed by atoms with Crippen LogP contribution in [0.3, 0.4) is 0 Å². The third-order valence-electron chi connectivity index (χ3n) is 3.45. The summed E-state index contributed by atoms with van der Waals surface area (Å²) in [5.41, 5.74) is -0.930. The Morgan fingerprint density at radius 1 is 1.15 bits per heavy atom. The first-order chi connectivity index (χ1) is 12.2. The molecule has 0 atom stereocenters. The minimum Gasteiger partial charge on any atom is -0.277 e. The summed E-state index contributed by atoms with van der Waals surface area (Å²) in [6.45, 7) is 0. The minimum absolute atomic E-state index is 0.0240. The van der Waals surface area contributed by atoms with Crippen LogP contribution in [0.15, 0.2) is 47.5 Å². The molecule has 1 heterocycles. The fourth-order valence-electron chi connectivity index (χ4n) is 2.30. The van der Waals surface area contributed by atoms with E-state index in [1.165, 1.54) is 18.3 Å². The normalized spacial score (nSPS) is 11.5. The van der Waals surface area contributed by atoms with Crippen molar-refractivity contribution in [3.63, 3.8) is 0 Å². The quantitative estimate of drug-likeness (QED) is 0.530. The van der Waals surface area contributed by atoms with E-state index in [1.807, 2.05) is 0 Å². The molecule has 0 aliphatic rings. The van der Waals surface area contributed by atoms with E-state index in [0.29, 0.717) is 10.4 Å². The van der Waals surface area contributed by atoms with E-state index in [-0.39, 0.29) is 23.3 Å². The summed E-state index contributed by atoms with van der Waals surface area (Å²) in [5.74, 6) is -3.07. The molecule has 2 aromatic carbocycles. The van der Waals surface area contributed by atoms with Gasteiger partial charge in [0.25, 0.3) is 15.7 Å². The molecule has 0 saturated heterocycles. The molecule has 11 heteroatoms. The monoisotopic (exact) mass is 399 g/mol. The van der Waals surface area contributed by atoms with E-state index in [1.54, 1.807) is 12.1 Å². The number of nitro groups is 1. The van der Waals surface area contributed by atoms with Gasteiger partial charge in [0, 0.05) is 17.6 Å². The third-order valence-corrected chi connectivity index (χ3v) is 5.17. The van der Waals surface area contributed by atoms with Crippen molar-refractivity contribution in [2.75, 3.05) is 4.72 Å². The minimum atomic E-state index is -4.61. The molecule has 0 fully saturated rings. The van der Waals surface area contributed by atoms with Crippen molar-refractivity contribution in [1.29, 1.82) is 0 Å². The number of benzene rings is 2. The number of halogens is 3. The highest BCUT2D eigenvalue weighted by Gasteiger charge is 2.29. The molecule has 0 amide bonds. The predicted molar refractivity (Wildman–Crippen MR) is 90.6 cm³/mol. The number of pyridine rings is 1. The molecule has 26 heavy (non-hydrogen) atoms. The maximum absolute atomic E-state index is 13.5. The Morgan fingerprint density at radius 2 is 1.85 bits per heavy atom. The number of fused-ring (bicyclic) bond motifs is 1. The zero-order valence-electron chi connectivity index (χ0n) is 12.6. The molecule has 0 unspecified atom stereocenters. The lowest BCUT2D eigenvalue weighted by atomic mass is 10.2. The summed E-state index contributed by atoms with van der Waals surface area (Å²) in [4.78, 5) is 12.9. The van der Waals surface area contributed by atoms with Crippen LogP contribution in [-0.2, 0) is 10.0 Å². The van der Waals surface area contributed by atoms with E-state index >= 15 is 0 Å². The van der Waals surface area contributed by atoms with Gasteiger partial charge in [-0.25, -0.2) is 17.2 Å². The van der Waals surface area contributed by atoms with Crippen molar-refractivity contribution in [3.05, 3.63) is 69.4 Å². The number of nitrogens with zero attached hydrogens (tertiary/aromatic N) is 2. The molecule has 1 N–H and O–H groups in total. The maximum atomic E-state index is 13.5. The van der Waals surface area contributed by atoms with Crippen LogP contribution in [0.1, 0.15) is 0 Å². The van der Waals surface area contributed by atoms with Gasteiger partial charge in [-0.2, -0.15) is 0 Å². The van der Waals surface area contributed by atoms with Crippen LogP contribution in [-0.4, -0.2) is 18.3 Å². The van der Waals surface area contributed by atoms with Crippen LogP contribution < -0.4 is 4.72 Å². The van der Waals surface area contributed by atoms with Gasteiger partial charge in [0.2, 0.25) is 0 Å². The van der Waals surface area contributed by atoms with Crippen LogP contribution >= 0.6 is 11.6 Å². The van der Waals surface area contributed by atoms with Crippen molar-refractivity contribution in [2.24, 2.45) is 0 Å². The lowest BCUT2D eigenvalue weighted by Crippen LogP contribution is -2.16. The Bertz CT molecular complexity index is 1160. The molecule has 134 valence electrons. The summed E-state index contributed by atoms with van der Waals surface area (Å²) >= 11 is 6.02. The Kier molecular flexibility index (Phi) is 4.46. The van der Waals surface area contributed by atoms with Gasteiger partial charge in [0.05, 0.1) is 27.2 Å². The molecule has 0 aliphatic carbocycles. The lowest BCUT2D eigenvalue weighted by Gasteiger charge is -2.11. The molecule has 7 nitrogen and oxygen atoms in total. The molecule has 0 radical (unpaired) electrons. The average molecular weight is 400 g/mol. The Hall–Kier alpha value is -2.85. The summed E-state index contributed by atoms with van der Waals surface area (Å²) in [7, 11) is -4.61. The average Bonchev–Trinajstić information content (AvgIpc) is 2.59.